The minimum Gasteiger partial charge on any atom is -0.211 e. The Morgan fingerprint density at radius 2 is 2.18 bits per heavy atom. The van der Waals surface area contributed by atoms with Crippen LogP contribution in [0.25, 0.3) is 0 Å². The Morgan fingerprint density at radius 1 is 1.55 bits per heavy atom. The van der Waals surface area contributed by atoms with Gasteiger partial charge in [-0.3, -0.25) is 0 Å². The van der Waals surface area contributed by atoms with E-state index in [0.29, 0.717) is 11.6 Å². The Kier molecular flexibility index (Phi) is 3.40. The fourth-order valence-corrected chi connectivity index (χ4v) is 2.29. The van der Waals surface area contributed by atoms with E-state index in [0.717, 1.165) is 24.3 Å². The molecule has 11 heavy (non-hydrogen) atoms. The second kappa shape index (κ2) is 4.37. The molecule has 2 nitrogen and oxygen atoms in total. The van der Waals surface area contributed by atoms with Crippen molar-refractivity contribution in [3.05, 3.63) is 12.3 Å². The number of hydrogen-bond donors (Lipinski definition) is 0. The largest absolute Gasteiger partial charge is 0.240 e. The van der Waals surface area contributed by atoms with E-state index in [1.807, 2.05) is 11.8 Å². The zero-order valence-corrected chi connectivity index (χ0v) is 7.19. The van der Waals surface area contributed by atoms with Gasteiger partial charge in [0.1, 0.15) is 0 Å². The molecule has 0 aromatic heterocycles. The van der Waals surface area contributed by atoms with Gasteiger partial charge >= 0.3 is 0 Å². The smallest absolute Gasteiger partial charge is 0.211 e. The van der Waals surface area contributed by atoms with Gasteiger partial charge in [-0.15, -0.1) is 0 Å². The van der Waals surface area contributed by atoms with Crippen LogP contribution in [0.15, 0.2) is 17.3 Å². The standard InChI is InChI=1S/C8H11NOS/c1-7(9-6-10)8-2-4-11-5-3-8/h8H,1-5H2. The van der Waals surface area contributed by atoms with Crippen molar-refractivity contribution in [1.82, 2.24) is 0 Å². The first-order valence-corrected chi connectivity index (χ1v) is 4.84. The number of nitrogens with zero attached hydrogens (tertiary/aromatic N) is 1. The van der Waals surface area contributed by atoms with Crippen molar-refractivity contribution >= 4 is 17.8 Å². The Morgan fingerprint density at radius 3 is 2.73 bits per heavy atom. The van der Waals surface area contributed by atoms with E-state index < -0.39 is 0 Å². The lowest BCUT2D eigenvalue weighted by molar-refractivity contribution is 0.548. The number of allylic oxidation sites excluding steroid dienone is 1. The average Bonchev–Trinajstić information content (AvgIpc) is 2.07. The third kappa shape index (κ3) is 2.52. The number of hydrogen-bond acceptors (Lipinski definition) is 3. The molecule has 1 aliphatic rings. The summed E-state index contributed by atoms with van der Waals surface area (Å²) in [5, 5.41) is 0. The molecule has 60 valence electrons. The summed E-state index contributed by atoms with van der Waals surface area (Å²) in [5.74, 6) is 2.76. The molecule has 1 heterocycles. The van der Waals surface area contributed by atoms with Crippen molar-refractivity contribution in [2.75, 3.05) is 11.5 Å². The molecule has 1 aliphatic heterocycles. The normalized spacial score (nSPS) is 18.9. The summed E-state index contributed by atoms with van der Waals surface area (Å²) in [6.45, 7) is 3.73. The van der Waals surface area contributed by atoms with Gasteiger partial charge in [0.25, 0.3) is 0 Å². The summed E-state index contributed by atoms with van der Waals surface area (Å²) in [7, 11) is 0. The van der Waals surface area contributed by atoms with Gasteiger partial charge in [0, 0.05) is 11.6 Å². The predicted octanol–water partition coefficient (Wildman–Crippen LogP) is 1.98. The molecule has 3 heteroatoms. The fraction of sp³-hybridized carbons (Fsp3) is 0.625. The second-order valence-electron chi connectivity index (χ2n) is 2.58. The lowest BCUT2D eigenvalue weighted by atomic mass is 10.0. The molecule has 0 spiro atoms. The SMILES string of the molecule is C=C(N=C=O)C1CCSCC1. The highest BCUT2D eigenvalue weighted by molar-refractivity contribution is 7.99. The van der Waals surface area contributed by atoms with Gasteiger partial charge in [-0.05, 0) is 24.3 Å². The molecular weight excluding hydrogens is 158 g/mol. The van der Waals surface area contributed by atoms with E-state index in [1.54, 1.807) is 0 Å². The summed E-state index contributed by atoms with van der Waals surface area (Å²) in [5.41, 5.74) is 0.709. The highest BCUT2D eigenvalue weighted by Crippen LogP contribution is 2.27. The van der Waals surface area contributed by atoms with Gasteiger partial charge in [-0.1, -0.05) is 6.58 Å². The van der Waals surface area contributed by atoms with E-state index in [2.05, 4.69) is 11.6 Å². The van der Waals surface area contributed by atoms with Gasteiger partial charge < -0.3 is 0 Å². The predicted molar refractivity (Wildman–Crippen MR) is 47.3 cm³/mol. The average molecular weight is 169 g/mol. The quantitative estimate of drug-likeness (QED) is 0.467. The topological polar surface area (TPSA) is 29.4 Å². The second-order valence-corrected chi connectivity index (χ2v) is 3.81. The molecule has 0 atom stereocenters. The van der Waals surface area contributed by atoms with Crippen molar-refractivity contribution < 1.29 is 4.79 Å². The molecule has 0 aliphatic carbocycles. The van der Waals surface area contributed by atoms with E-state index >= 15 is 0 Å². The molecule has 0 amide bonds. The maximum absolute atomic E-state index is 9.90. The first kappa shape index (κ1) is 8.57. The lowest BCUT2D eigenvalue weighted by Crippen LogP contribution is -2.10. The van der Waals surface area contributed by atoms with Crippen LogP contribution in [-0.2, 0) is 4.79 Å². The van der Waals surface area contributed by atoms with Gasteiger partial charge in [-0.25, -0.2) is 4.79 Å². The van der Waals surface area contributed by atoms with E-state index in [4.69, 9.17) is 0 Å². The summed E-state index contributed by atoms with van der Waals surface area (Å²) < 4.78 is 0. The Bertz CT molecular complexity index is 190. The first-order chi connectivity index (χ1) is 5.34. The molecule has 0 aromatic rings. The van der Waals surface area contributed by atoms with Crippen LogP contribution < -0.4 is 0 Å². The van der Waals surface area contributed by atoms with E-state index in [1.165, 1.54) is 6.08 Å². The van der Waals surface area contributed by atoms with Crippen molar-refractivity contribution in [2.24, 2.45) is 10.9 Å². The third-order valence-corrected chi connectivity index (χ3v) is 2.93. The molecule has 0 saturated carbocycles. The fourth-order valence-electron chi connectivity index (χ4n) is 1.18. The van der Waals surface area contributed by atoms with Crippen molar-refractivity contribution in [1.29, 1.82) is 0 Å². The van der Waals surface area contributed by atoms with Crippen LogP contribution >= 0.6 is 11.8 Å². The van der Waals surface area contributed by atoms with Crippen LogP contribution in [-0.4, -0.2) is 17.6 Å². The number of aliphatic imine (C=N–C) groups is 1. The minimum atomic E-state index is 0.428. The minimum absolute atomic E-state index is 0.428. The molecule has 0 bridgehead atoms. The molecule has 0 unspecified atom stereocenters. The molecule has 1 rings (SSSR count). The van der Waals surface area contributed by atoms with Crippen LogP contribution in [0.1, 0.15) is 12.8 Å². The van der Waals surface area contributed by atoms with Crippen molar-refractivity contribution in [3.8, 4) is 0 Å². The van der Waals surface area contributed by atoms with Crippen LogP contribution in [0.5, 0.6) is 0 Å². The maximum atomic E-state index is 9.90. The highest BCUT2D eigenvalue weighted by atomic mass is 32.2. The van der Waals surface area contributed by atoms with Crippen LogP contribution in [0.4, 0.5) is 0 Å². The molecule has 0 aromatic carbocycles. The monoisotopic (exact) mass is 169 g/mol. The number of isocyanates is 1. The summed E-state index contributed by atoms with van der Waals surface area (Å²) >= 11 is 1.95. The van der Waals surface area contributed by atoms with Gasteiger partial charge in [0.05, 0.1) is 0 Å². The summed E-state index contributed by atoms with van der Waals surface area (Å²) in [4.78, 5) is 13.4. The van der Waals surface area contributed by atoms with Gasteiger partial charge in [0.15, 0.2) is 0 Å². The molecule has 0 radical (unpaired) electrons. The number of carbonyl (C=O) groups excluding carboxylic acids is 1. The lowest BCUT2D eigenvalue weighted by Gasteiger charge is -2.19. The van der Waals surface area contributed by atoms with Crippen molar-refractivity contribution in [2.45, 2.75) is 12.8 Å². The zero-order valence-electron chi connectivity index (χ0n) is 6.38. The molecular formula is C8H11NOS. The molecule has 0 N–H and O–H groups in total. The van der Waals surface area contributed by atoms with E-state index in [-0.39, 0.29) is 0 Å². The summed E-state index contributed by atoms with van der Waals surface area (Å²) in [6.07, 6.45) is 3.75. The van der Waals surface area contributed by atoms with Crippen molar-refractivity contribution in [3.63, 3.8) is 0 Å². The number of rotatable bonds is 2. The Hall–Kier alpha value is -0.530. The highest BCUT2D eigenvalue weighted by Gasteiger charge is 2.15. The van der Waals surface area contributed by atoms with E-state index in [9.17, 15) is 4.79 Å². The van der Waals surface area contributed by atoms with Gasteiger partial charge in [0.2, 0.25) is 6.08 Å². The summed E-state index contributed by atoms with van der Waals surface area (Å²) in [6, 6.07) is 0. The Labute approximate surface area is 70.8 Å². The number of thioether (sulfide) groups is 1. The first-order valence-electron chi connectivity index (χ1n) is 3.69. The Balaban J connectivity index is 2.44. The van der Waals surface area contributed by atoms with Crippen LogP contribution in [0, 0.1) is 5.92 Å². The zero-order chi connectivity index (χ0) is 8.10. The van der Waals surface area contributed by atoms with Crippen LogP contribution in [0.2, 0.25) is 0 Å². The maximum Gasteiger partial charge on any atom is 0.240 e. The van der Waals surface area contributed by atoms with Gasteiger partial charge in [-0.2, -0.15) is 16.8 Å². The molecule has 1 fully saturated rings. The molecule has 1 saturated heterocycles. The third-order valence-electron chi connectivity index (χ3n) is 1.88. The van der Waals surface area contributed by atoms with Crippen LogP contribution in [0.3, 0.4) is 0 Å².